The Balaban J connectivity index is 1.28. The van der Waals surface area contributed by atoms with E-state index in [1.807, 2.05) is 54.6 Å². The number of hydrogen-bond acceptors (Lipinski definition) is 8. The van der Waals surface area contributed by atoms with E-state index >= 15 is 0 Å². The van der Waals surface area contributed by atoms with Gasteiger partial charge in [0.15, 0.2) is 11.0 Å². The molecule has 3 atom stereocenters. The molecule has 0 saturated carbocycles. The Morgan fingerprint density at radius 1 is 1.12 bits per heavy atom. The second-order valence-corrected chi connectivity index (χ2v) is 13.2. The molecule has 254 valence electrons. The van der Waals surface area contributed by atoms with Crippen molar-refractivity contribution in [2.75, 3.05) is 39.8 Å². The van der Waals surface area contributed by atoms with Crippen LogP contribution in [-0.2, 0) is 27.2 Å². The van der Waals surface area contributed by atoms with Crippen LogP contribution in [0.15, 0.2) is 66.2 Å². The quantitative estimate of drug-likeness (QED) is 0.134. The summed E-state index contributed by atoms with van der Waals surface area (Å²) in [5.41, 5.74) is 7.72. The second-order valence-electron chi connectivity index (χ2n) is 12.3. The number of piperidine rings is 1. The van der Waals surface area contributed by atoms with Crippen LogP contribution in [0.5, 0.6) is 5.75 Å². The molecule has 48 heavy (non-hydrogen) atoms. The van der Waals surface area contributed by atoms with E-state index in [0.717, 1.165) is 36.1 Å². The molecule has 2 saturated heterocycles. The van der Waals surface area contributed by atoms with Crippen molar-refractivity contribution in [3.05, 3.63) is 82.3 Å². The van der Waals surface area contributed by atoms with Gasteiger partial charge in [0.2, 0.25) is 23.5 Å². The first kappa shape index (κ1) is 34.6. The lowest BCUT2D eigenvalue weighted by molar-refractivity contribution is -0.157. The molecule has 12 nitrogen and oxygen atoms in total. The summed E-state index contributed by atoms with van der Waals surface area (Å²) in [5.74, 6) is -0.563. The number of nitrogens with zero attached hydrogens (tertiary/aromatic N) is 4. The summed E-state index contributed by atoms with van der Waals surface area (Å²) in [5, 5.41) is 12.7. The Labute approximate surface area is 284 Å². The number of guanidine groups is 1. The van der Waals surface area contributed by atoms with Gasteiger partial charge in [-0.3, -0.25) is 24.6 Å². The average molecular weight is 674 g/mol. The molecule has 2 fully saturated rings. The average Bonchev–Trinajstić information content (AvgIpc) is 3.64. The van der Waals surface area contributed by atoms with Gasteiger partial charge in [-0.1, -0.05) is 42.5 Å². The lowest BCUT2D eigenvalue weighted by Crippen LogP contribution is -2.62. The number of hydrogen-bond donors (Lipinski definition) is 3. The van der Waals surface area contributed by atoms with E-state index in [2.05, 4.69) is 10.3 Å². The van der Waals surface area contributed by atoms with Crippen LogP contribution >= 0.6 is 11.3 Å². The third-order valence-corrected chi connectivity index (χ3v) is 9.77. The standard InChI is InChI=1S/C35H43N7O5S/c1-47-27-13-11-24(12-14-27)9-5-16-40-23-31(44)42(29(34(40)46)20-25-7-3-2-4-8-25)22-30(43)39-28(32(45)33-38-15-18-48-33)19-26-10-6-17-41(21-26)35(36)37/h2-4,7-8,11-15,18,26,28-29H,5-6,9-10,16-17,19-23H2,1H3,(H3,36,37)(H,39,43)/t26-,28-,29+/m0/s1. The van der Waals surface area contributed by atoms with Crippen molar-refractivity contribution in [2.45, 2.75) is 50.6 Å². The number of benzene rings is 2. The third kappa shape index (κ3) is 8.97. The Morgan fingerprint density at radius 3 is 2.58 bits per heavy atom. The Bertz CT molecular complexity index is 1570. The van der Waals surface area contributed by atoms with Crippen LogP contribution in [0.2, 0.25) is 0 Å². The highest BCUT2D eigenvalue weighted by atomic mass is 32.1. The topological polar surface area (TPSA) is 162 Å². The third-order valence-electron chi connectivity index (χ3n) is 8.98. The van der Waals surface area contributed by atoms with E-state index in [1.54, 1.807) is 28.5 Å². The fraction of sp³-hybridized carbons (Fsp3) is 0.429. The van der Waals surface area contributed by atoms with E-state index in [4.69, 9.17) is 15.9 Å². The first-order valence-corrected chi connectivity index (χ1v) is 17.2. The number of methoxy groups -OCH3 is 1. The number of likely N-dealkylation sites (tertiary alicyclic amines) is 1. The van der Waals surface area contributed by atoms with Gasteiger partial charge < -0.3 is 30.5 Å². The molecule has 1 aromatic heterocycles. The molecule has 3 amide bonds. The molecule has 5 rings (SSSR count). The number of ether oxygens (including phenoxy) is 1. The van der Waals surface area contributed by atoms with Gasteiger partial charge in [0.1, 0.15) is 18.3 Å². The van der Waals surface area contributed by atoms with Gasteiger partial charge in [-0.15, -0.1) is 11.3 Å². The zero-order valence-corrected chi connectivity index (χ0v) is 28.0. The fourth-order valence-corrected chi connectivity index (χ4v) is 7.10. The van der Waals surface area contributed by atoms with Gasteiger partial charge >= 0.3 is 0 Å². The minimum atomic E-state index is -0.877. The molecule has 3 aromatic rings. The maximum Gasteiger partial charge on any atom is 0.246 e. The second kappa shape index (κ2) is 16.4. The van der Waals surface area contributed by atoms with Gasteiger partial charge in [-0.05, 0) is 61.3 Å². The molecule has 4 N–H and O–H groups in total. The van der Waals surface area contributed by atoms with Crippen LogP contribution in [-0.4, -0.2) is 101 Å². The number of rotatable bonds is 14. The van der Waals surface area contributed by atoms with Crippen molar-refractivity contribution < 1.29 is 23.9 Å². The number of nitrogens with two attached hydrogens (primary N) is 1. The summed E-state index contributed by atoms with van der Waals surface area (Å²) in [4.78, 5) is 63.6. The Hall–Kier alpha value is -4.78. The lowest BCUT2D eigenvalue weighted by atomic mass is 9.90. The van der Waals surface area contributed by atoms with E-state index in [-0.39, 0.29) is 54.0 Å². The number of aryl methyl sites for hydroxylation is 1. The monoisotopic (exact) mass is 673 g/mol. The van der Waals surface area contributed by atoms with Crippen molar-refractivity contribution >= 4 is 40.8 Å². The van der Waals surface area contributed by atoms with Gasteiger partial charge in [-0.2, -0.15) is 0 Å². The molecule has 0 bridgehead atoms. The number of carbonyl (C=O) groups excluding carboxylic acids is 4. The number of nitrogens with one attached hydrogen (secondary N) is 2. The minimum absolute atomic E-state index is 0.0148. The summed E-state index contributed by atoms with van der Waals surface area (Å²) in [6.07, 6.45) is 5.20. The summed E-state index contributed by atoms with van der Waals surface area (Å²) >= 11 is 1.20. The number of piperazine rings is 1. The maximum atomic E-state index is 13.9. The molecule has 0 radical (unpaired) electrons. The number of ketones is 1. The smallest absolute Gasteiger partial charge is 0.246 e. The van der Waals surface area contributed by atoms with Gasteiger partial charge in [-0.25, -0.2) is 4.98 Å². The first-order chi connectivity index (χ1) is 23.2. The molecule has 0 aliphatic carbocycles. The number of aromatic nitrogens is 1. The van der Waals surface area contributed by atoms with E-state index in [0.29, 0.717) is 32.5 Å². The summed E-state index contributed by atoms with van der Waals surface area (Å²) in [7, 11) is 1.62. The molecule has 13 heteroatoms. The molecular weight excluding hydrogens is 630 g/mol. The van der Waals surface area contributed by atoms with Gasteiger partial charge in [0.25, 0.3) is 0 Å². The van der Waals surface area contributed by atoms with Crippen molar-refractivity contribution in [2.24, 2.45) is 11.7 Å². The number of Topliss-reactive ketones (excluding diaryl/α,β-unsaturated/α-hetero) is 1. The van der Waals surface area contributed by atoms with Gasteiger partial charge in [0.05, 0.1) is 19.7 Å². The van der Waals surface area contributed by atoms with Crippen LogP contribution in [0.3, 0.4) is 0 Å². The largest absolute Gasteiger partial charge is 0.497 e. The van der Waals surface area contributed by atoms with Crippen LogP contribution < -0.4 is 15.8 Å². The van der Waals surface area contributed by atoms with Crippen LogP contribution in [0, 0.1) is 11.3 Å². The van der Waals surface area contributed by atoms with E-state index < -0.39 is 18.0 Å². The highest BCUT2D eigenvalue weighted by molar-refractivity contribution is 7.11. The summed E-state index contributed by atoms with van der Waals surface area (Å²) < 4.78 is 5.23. The lowest BCUT2D eigenvalue weighted by Gasteiger charge is -2.40. The van der Waals surface area contributed by atoms with Crippen molar-refractivity contribution in [3.63, 3.8) is 0 Å². The van der Waals surface area contributed by atoms with Crippen LogP contribution in [0.4, 0.5) is 0 Å². The van der Waals surface area contributed by atoms with Crippen LogP contribution in [0.25, 0.3) is 0 Å². The van der Waals surface area contributed by atoms with E-state index in [9.17, 15) is 19.2 Å². The van der Waals surface area contributed by atoms with Crippen molar-refractivity contribution in [1.29, 1.82) is 5.41 Å². The molecule has 2 aliphatic heterocycles. The fourth-order valence-electron chi connectivity index (χ4n) is 6.47. The molecule has 3 heterocycles. The summed E-state index contributed by atoms with van der Waals surface area (Å²) in [6.45, 7) is 1.12. The van der Waals surface area contributed by atoms with Crippen LogP contribution in [0.1, 0.15) is 46.6 Å². The minimum Gasteiger partial charge on any atom is -0.497 e. The maximum absolute atomic E-state index is 13.9. The number of amides is 3. The molecular formula is C35H43N7O5S. The normalized spacial score (nSPS) is 18.8. The molecule has 0 spiro atoms. The van der Waals surface area contributed by atoms with Crippen molar-refractivity contribution in [1.82, 2.24) is 25.0 Å². The SMILES string of the molecule is COc1ccc(CCCN2CC(=O)N(CC(=O)N[C@@H](C[C@@H]3CCCN(C(=N)N)C3)C(=O)c3nccs3)[C@H](Cc3ccccc3)C2=O)cc1. The Morgan fingerprint density at radius 2 is 1.90 bits per heavy atom. The zero-order chi connectivity index (χ0) is 34.0. The zero-order valence-electron chi connectivity index (χ0n) is 27.2. The predicted octanol–water partition coefficient (Wildman–Crippen LogP) is 2.73. The predicted molar refractivity (Wildman–Crippen MR) is 183 cm³/mol. The molecule has 2 aromatic carbocycles. The summed E-state index contributed by atoms with van der Waals surface area (Å²) in [6, 6.07) is 15.5. The molecule has 2 aliphatic rings. The van der Waals surface area contributed by atoms with Gasteiger partial charge in [0, 0.05) is 37.6 Å². The highest BCUT2D eigenvalue weighted by Crippen LogP contribution is 2.24. The first-order valence-electron chi connectivity index (χ1n) is 16.3. The van der Waals surface area contributed by atoms with E-state index in [1.165, 1.54) is 16.2 Å². The highest BCUT2D eigenvalue weighted by Gasteiger charge is 2.40. The Kier molecular flexibility index (Phi) is 11.8. The molecule has 0 unspecified atom stereocenters. The number of thiazole rings is 1. The van der Waals surface area contributed by atoms with Crippen molar-refractivity contribution in [3.8, 4) is 5.75 Å². The number of carbonyl (C=O) groups is 4.